The molecule has 2 fully saturated rings. The Kier molecular flexibility index (Phi) is 10.7. The molecule has 0 saturated heterocycles. The Hall–Kier alpha value is -2.09. The molecule has 1 aromatic heterocycles. The van der Waals surface area contributed by atoms with Crippen molar-refractivity contribution in [3.05, 3.63) is 56.9 Å². The number of fused-ring (bicyclic) bond motifs is 2. The van der Waals surface area contributed by atoms with E-state index < -0.39 is 0 Å². The lowest BCUT2D eigenvalue weighted by Gasteiger charge is -2.44. The second-order valence-corrected chi connectivity index (χ2v) is 14.5. The fourth-order valence-corrected chi connectivity index (χ4v) is 8.11. The first-order chi connectivity index (χ1) is 19.9. The van der Waals surface area contributed by atoms with Gasteiger partial charge in [0.15, 0.2) is 0 Å². The van der Waals surface area contributed by atoms with Crippen LogP contribution in [-0.2, 0) is 29.7 Å². The molecule has 0 N–H and O–H groups in total. The Bertz CT molecular complexity index is 1320. The molecule has 3 aliphatic rings. The summed E-state index contributed by atoms with van der Waals surface area (Å²) in [5.74, 6) is 2.61. The zero-order valence-electron chi connectivity index (χ0n) is 26.6. The van der Waals surface area contributed by atoms with Gasteiger partial charge in [0.1, 0.15) is 11.4 Å². The predicted octanol–water partition coefficient (Wildman–Crippen LogP) is 6.64. The highest BCUT2D eigenvalue weighted by Gasteiger charge is 2.50. The Labute approximate surface area is 260 Å². The molecular weight excluding hydrogens is 594 g/mol. The average molecular weight is 647 g/mol. The molecule has 2 heterocycles. The van der Waals surface area contributed by atoms with Gasteiger partial charge in [-0.2, -0.15) is 0 Å². The third-order valence-corrected chi connectivity index (χ3v) is 11.3. The van der Waals surface area contributed by atoms with Crippen LogP contribution < -0.4 is 11.4 Å². The third kappa shape index (κ3) is 6.84. The molecule has 0 aromatic carbocycles. The van der Waals surface area contributed by atoms with Crippen molar-refractivity contribution in [3.63, 3.8) is 0 Å². The third-order valence-electron chi connectivity index (χ3n) is 10.9. The summed E-state index contributed by atoms with van der Waals surface area (Å²) in [6, 6.07) is 0. The molecule has 0 bridgehead atoms. The number of alkyl halides is 1. The quantitative estimate of drug-likeness (QED) is 0.189. The molecule has 0 radical (unpaired) electrons. The minimum atomic E-state index is -0.315. The van der Waals surface area contributed by atoms with Crippen molar-refractivity contribution in [2.24, 2.45) is 48.0 Å². The van der Waals surface area contributed by atoms with E-state index in [9.17, 15) is 14.4 Å². The van der Waals surface area contributed by atoms with E-state index in [1.807, 2.05) is 0 Å². The van der Waals surface area contributed by atoms with Gasteiger partial charge in [-0.15, -0.1) is 0 Å². The minimum absolute atomic E-state index is 0.0461. The van der Waals surface area contributed by atoms with Crippen molar-refractivity contribution < 1.29 is 9.53 Å². The summed E-state index contributed by atoms with van der Waals surface area (Å²) in [5.41, 5.74) is 1.97. The van der Waals surface area contributed by atoms with E-state index in [1.165, 1.54) is 47.6 Å². The standard InChI is InChI=1S/C34H52BrN3O4/c1-22(2)24(4)11-12-25(5)28-13-14-29-26(9-8-17-34(28,29)6)19-27-16-18-37-32(40)36(7)33(41)38(37)21-23(3)10-15-30(27)42-31(39)20-35/h11-12,19,22,24-25,27-30H,3,8-10,13-18,20-21H2,1-2,4-7H3/b12-11+,26-19+/t24-,25+,27-,28?,29?,30-,34?/m0/s1. The second-order valence-electron chi connectivity index (χ2n) is 13.9. The van der Waals surface area contributed by atoms with Gasteiger partial charge in [-0.05, 0) is 86.4 Å². The molecule has 0 amide bonds. The summed E-state index contributed by atoms with van der Waals surface area (Å²) in [5, 5.41) is 0.147. The van der Waals surface area contributed by atoms with Crippen LogP contribution in [-0.4, -0.2) is 31.3 Å². The zero-order chi connectivity index (χ0) is 30.8. The smallest absolute Gasteiger partial charge is 0.347 e. The van der Waals surface area contributed by atoms with Crippen LogP contribution in [0, 0.1) is 40.9 Å². The summed E-state index contributed by atoms with van der Waals surface area (Å²) in [7, 11) is 1.53. The van der Waals surface area contributed by atoms with Crippen molar-refractivity contribution in [1.29, 1.82) is 0 Å². The van der Waals surface area contributed by atoms with Crippen LogP contribution in [0.3, 0.4) is 0 Å². The molecule has 1 aliphatic heterocycles. The molecule has 2 saturated carbocycles. The minimum Gasteiger partial charge on any atom is -0.461 e. The highest BCUT2D eigenvalue weighted by Crippen LogP contribution is 2.59. The van der Waals surface area contributed by atoms with Gasteiger partial charge in [-0.3, -0.25) is 4.79 Å². The molecule has 2 aliphatic carbocycles. The Morgan fingerprint density at radius 2 is 1.79 bits per heavy atom. The first kappa shape index (κ1) is 32.8. The number of allylic oxidation sites excluding steroid dienone is 4. The second kappa shape index (κ2) is 13.7. The molecule has 42 heavy (non-hydrogen) atoms. The van der Waals surface area contributed by atoms with Crippen molar-refractivity contribution >= 4 is 21.9 Å². The van der Waals surface area contributed by atoms with Gasteiger partial charge in [-0.1, -0.05) is 86.5 Å². The summed E-state index contributed by atoms with van der Waals surface area (Å²) in [4.78, 5) is 38.4. The molecule has 3 unspecified atom stereocenters. The van der Waals surface area contributed by atoms with Crippen molar-refractivity contribution in [2.75, 3.05) is 5.33 Å². The number of hydrogen-bond acceptors (Lipinski definition) is 4. The summed E-state index contributed by atoms with van der Waals surface area (Å²) < 4.78 is 10.3. The summed E-state index contributed by atoms with van der Waals surface area (Å²) >= 11 is 3.27. The predicted molar refractivity (Wildman–Crippen MR) is 173 cm³/mol. The van der Waals surface area contributed by atoms with Gasteiger partial charge < -0.3 is 4.74 Å². The summed E-state index contributed by atoms with van der Waals surface area (Å²) in [6.07, 6.45) is 14.8. The van der Waals surface area contributed by atoms with Gasteiger partial charge >= 0.3 is 17.3 Å². The van der Waals surface area contributed by atoms with Crippen LogP contribution in [0.25, 0.3) is 0 Å². The number of esters is 1. The van der Waals surface area contributed by atoms with Crippen molar-refractivity contribution in [1.82, 2.24) is 13.9 Å². The fourth-order valence-electron chi connectivity index (χ4n) is 7.97. The van der Waals surface area contributed by atoms with Crippen LogP contribution in [0.4, 0.5) is 0 Å². The van der Waals surface area contributed by atoms with Crippen molar-refractivity contribution in [2.45, 2.75) is 105 Å². The van der Waals surface area contributed by atoms with E-state index in [0.717, 1.165) is 12.0 Å². The van der Waals surface area contributed by atoms with Gasteiger partial charge in [0.05, 0.1) is 6.54 Å². The molecule has 7 atom stereocenters. The zero-order valence-corrected chi connectivity index (χ0v) is 28.2. The molecule has 4 rings (SSSR count). The SMILES string of the molecule is C=C1CC[C@H](OC(=O)CBr)[C@H](/C=C2\CCCC3(C)C2CCC3[C@H](C)/C=C/[C@H](C)C(C)C)CCn2c(=O)n(C)c(=O)n2C1. The number of hydrogen-bond donors (Lipinski definition) is 0. The van der Waals surface area contributed by atoms with Crippen LogP contribution >= 0.6 is 15.9 Å². The number of nitrogens with zero attached hydrogens (tertiary/aromatic N) is 3. The number of rotatable bonds is 7. The maximum Gasteiger partial charge on any atom is 0.347 e. The van der Waals surface area contributed by atoms with E-state index in [-0.39, 0.29) is 40.1 Å². The van der Waals surface area contributed by atoms with Gasteiger partial charge in [0, 0.05) is 19.5 Å². The first-order valence-corrected chi connectivity index (χ1v) is 17.2. The number of halogens is 1. The highest BCUT2D eigenvalue weighted by molar-refractivity contribution is 9.09. The number of carbonyl (C=O) groups excluding carboxylic acids is 1. The molecular formula is C34H52BrN3O4. The van der Waals surface area contributed by atoms with Crippen molar-refractivity contribution in [3.8, 4) is 0 Å². The van der Waals surface area contributed by atoms with Crippen LogP contribution in [0.5, 0.6) is 0 Å². The largest absolute Gasteiger partial charge is 0.461 e. The molecule has 0 spiro atoms. The van der Waals surface area contributed by atoms with Gasteiger partial charge in [-0.25, -0.2) is 23.5 Å². The Balaban J connectivity index is 1.66. The van der Waals surface area contributed by atoms with Crippen LogP contribution in [0.1, 0.15) is 86.0 Å². The molecule has 7 nitrogen and oxygen atoms in total. The molecule has 234 valence electrons. The lowest BCUT2D eigenvalue weighted by atomic mass is 9.60. The molecule has 1 aromatic rings. The van der Waals surface area contributed by atoms with Gasteiger partial charge in [0.2, 0.25) is 0 Å². The van der Waals surface area contributed by atoms with E-state index in [1.54, 1.807) is 4.68 Å². The Morgan fingerprint density at radius 3 is 2.48 bits per heavy atom. The number of aromatic nitrogens is 3. The normalized spacial score (nSPS) is 31.2. The average Bonchev–Trinajstić information content (AvgIpc) is 3.41. The topological polar surface area (TPSA) is 75.2 Å². The summed E-state index contributed by atoms with van der Waals surface area (Å²) in [6.45, 7) is 16.7. The maximum absolute atomic E-state index is 13.0. The maximum atomic E-state index is 13.0. The van der Waals surface area contributed by atoms with E-state index in [4.69, 9.17) is 4.74 Å². The van der Waals surface area contributed by atoms with Crippen LogP contribution in [0.15, 0.2) is 45.5 Å². The monoisotopic (exact) mass is 645 g/mol. The van der Waals surface area contributed by atoms with Gasteiger partial charge in [0.25, 0.3) is 0 Å². The van der Waals surface area contributed by atoms with E-state index >= 15 is 0 Å². The lowest BCUT2D eigenvalue weighted by molar-refractivity contribution is -0.148. The first-order valence-electron chi connectivity index (χ1n) is 16.0. The Morgan fingerprint density at radius 1 is 1.07 bits per heavy atom. The highest BCUT2D eigenvalue weighted by atomic mass is 79.9. The lowest BCUT2D eigenvalue weighted by Crippen LogP contribution is -2.37. The number of ether oxygens (including phenoxy) is 1. The molecule has 8 heteroatoms. The fraction of sp³-hybridized carbons (Fsp3) is 0.735. The van der Waals surface area contributed by atoms with Crippen LogP contribution in [0.2, 0.25) is 0 Å². The van der Waals surface area contributed by atoms with E-state index in [0.29, 0.717) is 61.9 Å². The number of carbonyl (C=O) groups is 1. The van der Waals surface area contributed by atoms with E-state index in [2.05, 4.69) is 75.4 Å².